The lowest BCUT2D eigenvalue weighted by atomic mass is 10.0. The monoisotopic (exact) mass is 1180 g/mol. The number of amides is 7. The summed E-state index contributed by atoms with van der Waals surface area (Å²) in [4.78, 5) is 134. The number of likely N-dealkylation sites (tertiary alicyclic amines) is 1. The third-order valence-electron chi connectivity index (χ3n) is 13.0. The van der Waals surface area contributed by atoms with E-state index < -0.39 is 59.7 Å². The minimum Gasteiger partial charge on any atom is -0.473 e. The Bertz CT molecular complexity index is 3560. The molecule has 0 aromatic carbocycles. The van der Waals surface area contributed by atoms with E-state index in [0.29, 0.717) is 88.3 Å². The molecule has 0 radical (unpaired) electrons. The van der Waals surface area contributed by atoms with E-state index in [0.717, 1.165) is 11.3 Å². The van der Waals surface area contributed by atoms with Crippen LogP contribution in [0.15, 0.2) is 44.0 Å². The van der Waals surface area contributed by atoms with Crippen LogP contribution in [0.2, 0.25) is 0 Å². The van der Waals surface area contributed by atoms with Crippen LogP contribution in [0.25, 0.3) is 43.4 Å². The second-order valence-electron chi connectivity index (χ2n) is 19.2. The van der Waals surface area contributed by atoms with Crippen LogP contribution in [-0.2, 0) is 23.9 Å². The number of hydrogen-bond donors (Lipinski definition) is 6. The van der Waals surface area contributed by atoms with Crippen molar-refractivity contribution < 1.29 is 38.3 Å². The smallest absolute Gasteiger partial charge is 0.271 e. The van der Waals surface area contributed by atoms with Crippen molar-refractivity contribution in [2.75, 3.05) is 26.7 Å². The maximum atomic E-state index is 14.2. The van der Waals surface area contributed by atoms with Gasteiger partial charge in [-0.2, -0.15) is 0 Å². The van der Waals surface area contributed by atoms with Gasteiger partial charge in [0, 0.05) is 50.9 Å². The first kappa shape index (κ1) is 55.0. The number of aliphatic imine (C=N–C) groups is 1. The number of ether oxygens (including phenoxy) is 1. The fraction of sp³-hybridized carbons (Fsp3) is 0.380. The maximum absolute atomic E-state index is 14.2. The van der Waals surface area contributed by atoms with Gasteiger partial charge in [0.1, 0.15) is 82.6 Å². The van der Waals surface area contributed by atoms with Crippen LogP contribution >= 0.6 is 68.0 Å². The van der Waals surface area contributed by atoms with Crippen LogP contribution in [-0.4, -0.2) is 126 Å². The first-order chi connectivity index (χ1) is 37.9. The Morgan fingerprint density at radius 1 is 0.709 bits per heavy atom. The molecule has 7 amide bonds. The van der Waals surface area contributed by atoms with E-state index in [-0.39, 0.29) is 66.2 Å². The number of fused-ring (bicyclic) bond motifs is 14. The van der Waals surface area contributed by atoms with Crippen molar-refractivity contribution in [3.63, 3.8) is 0 Å². The molecular weight excluding hydrogens is 1130 g/mol. The highest BCUT2D eigenvalue weighted by molar-refractivity contribution is 7.15. The van der Waals surface area contributed by atoms with Gasteiger partial charge in [-0.1, -0.05) is 27.7 Å². The molecule has 1 fully saturated rings. The van der Waals surface area contributed by atoms with Gasteiger partial charge >= 0.3 is 0 Å². The van der Waals surface area contributed by atoms with Crippen molar-refractivity contribution in [3.05, 3.63) is 81.7 Å². The van der Waals surface area contributed by atoms with Gasteiger partial charge in [-0.3, -0.25) is 33.6 Å². The molecule has 0 unspecified atom stereocenters. The zero-order chi connectivity index (χ0) is 55.8. The minimum atomic E-state index is -0.955. The van der Waals surface area contributed by atoms with Crippen LogP contribution in [0.1, 0.15) is 122 Å². The third kappa shape index (κ3) is 11.7. The molecule has 29 heteroatoms. The van der Waals surface area contributed by atoms with Gasteiger partial charge in [0.05, 0.1) is 36.8 Å². The van der Waals surface area contributed by atoms with Gasteiger partial charge in [-0.05, 0) is 43.7 Å². The Kier molecular flexibility index (Phi) is 16.1. The highest BCUT2D eigenvalue weighted by Gasteiger charge is 2.39. The summed E-state index contributed by atoms with van der Waals surface area (Å²) in [5.74, 6) is -3.45. The number of aryl methyl sites for hydroxylation is 1. The van der Waals surface area contributed by atoms with Gasteiger partial charge in [0.2, 0.25) is 23.6 Å². The molecule has 23 nitrogen and oxygen atoms in total. The summed E-state index contributed by atoms with van der Waals surface area (Å²) in [7, 11) is 1.48. The number of hydrogen-bond acceptors (Lipinski definition) is 22. The molecule has 0 saturated carbocycles. The second kappa shape index (κ2) is 23.2. The molecule has 7 N–H and O–H groups in total. The van der Waals surface area contributed by atoms with Crippen molar-refractivity contribution in [1.82, 2.24) is 66.4 Å². The molecule has 10 rings (SSSR count). The molecule has 10 heterocycles. The Labute approximate surface area is 475 Å². The molecule has 3 aliphatic heterocycles. The zero-order valence-corrected chi connectivity index (χ0v) is 48.0. The number of nitrogens with two attached hydrogens (primary N) is 1. The van der Waals surface area contributed by atoms with Gasteiger partial charge in [0.25, 0.3) is 23.6 Å². The SMILES string of the molecule is CNC(=O)C[C@H]1NC(=O)c2csc(n2)-c2ccc(-c3nc(C4=N[C@H](C(=O)N5CCC[C@@H]5C(N)=O)CO4)cs3)nc2-c2csc(n2)-c2csc(n2)[C@H](C(C)C)NC(=O)CNC(=O)c2csc(n2)[C@@H](C(C)C)NC(=O)c2nc1sc2C. The first-order valence-corrected chi connectivity index (χ1v) is 30.1. The lowest BCUT2D eigenvalue weighted by Crippen LogP contribution is -2.47. The van der Waals surface area contributed by atoms with Crippen molar-refractivity contribution in [2.45, 2.75) is 84.1 Å². The standard InChI is InChI=1S/C50H51N15O8S6/c1-20(2)35-48-61-31(19-78-48)46-57-27(15-75-46)38-23(9-10-24(54-38)45-60-30(18-76-45)43-56-26(14-73-43)50(72)65-11-7-8-32(65)39(51)68)44-58-29(17-74-44)41(70)55-25(12-33(66)52-6)47-64-37(22(5)79-47)42(71)63-36(21(3)4)49-59-28(16-77-49)40(69)53-13-34(67)62-35/h9-10,15-21,25-26,32,35-36H,7-8,11-14H2,1-6H3,(H2,51,68)(H,52,66)(H,53,69)(H,55,70)(H,62,67)(H,63,71)/t25-,26+,32-,35+,36-/m1/s1. The number of rotatable bonds is 8. The zero-order valence-electron chi connectivity index (χ0n) is 43.1. The highest BCUT2D eigenvalue weighted by Crippen LogP contribution is 2.39. The number of carbonyl (C=O) groups excluding carboxylic acids is 7. The van der Waals surface area contributed by atoms with Gasteiger partial charge in [0.15, 0.2) is 6.04 Å². The molecule has 79 heavy (non-hydrogen) atoms. The van der Waals surface area contributed by atoms with Gasteiger partial charge < -0.3 is 42.0 Å². The number of aromatic nitrogens is 7. The lowest BCUT2D eigenvalue weighted by Gasteiger charge is -2.23. The van der Waals surface area contributed by atoms with Crippen molar-refractivity contribution >= 4 is 115 Å². The number of pyridine rings is 1. The van der Waals surface area contributed by atoms with E-state index in [9.17, 15) is 33.6 Å². The third-order valence-corrected chi connectivity index (χ3v) is 18.6. The van der Waals surface area contributed by atoms with Crippen molar-refractivity contribution in [2.24, 2.45) is 22.6 Å². The van der Waals surface area contributed by atoms with Crippen LogP contribution in [0, 0.1) is 18.8 Å². The fourth-order valence-electron chi connectivity index (χ4n) is 8.87. The van der Waals surface area contributed by atoms with E-state index in [4.69, 9.17) is 35.4 Å². The second-order valence-corrected chi connectivity index (χ2v) is 24.8. The van der Waals surface area contributed by atoms with E-state index in [2.05, 4.69) is 41.5 Å². The summed E-state index contributed by atoms with van der Waals surface area (Å²) < 4.78 is 5.88. The summed E-state index contributed by atoms with van der Waals surface area (Å²) in [6, 6.07) is -0.0326. The Morgan fingerprint density at radius 3 is 2.08 bits per heavy atom. The molecule has 0 aliphatic carbocycles. The van der Waals surface area contributed by atoms with Crippen LogP contribution in [0.4, 0.5) is 0 Å². The largest absolute Gasteiger partial charge is 0.473 e. The number of nitrogens with zero attached hydrogens (tertiary/aromatic N) is 9. The molecule has 0 spiro atoms. The summed E-state index contributed by atoms with van der Waals surface area (Å²) in [5, 5.41) is 25.8. The molecule has 7 aromatic rings. The number of primary amides is 1. The topological polar surface area (TPSA) is 321 Å². The highest BCUT2D eigenvalue weighted by atomic mass is 32.1. The van der Waals surface area contributed by atoms with Crippen LogP contribution in [0.3, 0.4) is 0 Å². The molecule has 410 valence electrons. The molecular formula is C50H51N15O8S6. The van der Waals surface area contributed by atoms with E-state index >= 15 is 0 Å². The molecule has 10 bridgehead atoms. The van der Waals surface area contributed by atoms with E-state index in [1.807, 2.05) is 44.5 Å². The molecule has 5 atom stereocenters. The Hall–Kier alpha value is -7.31. The summed E-state index contributed by atoms with van der Waals surface area (Å²) in [6.07, 6.45) is 0.968. The summed E-state index contributed by atoms with van der Waals surface area (Å²) in [6.45, 7) is 9.50. The summed E-state index contributed by atoms with van der Waals surface area (Å²) >= 11 is 7.54. The Balaban J connectivity index is 1.00. The molecule has 1 saturated heterocycles. The lowest BCUT2D eigenvalue weighted by molar-refractivity contribution is -0.138. The predicted octanol–water partition coefficient (Wildman–Crippen LogP) is 5.71. The summed E-state index contributed by atoms with van der Waals surface area (Å²) in [5.41, 5.74) is 8.67. The maximum Gasteiger partial charge on any atom is 0.271 e. The van der Waals surface area contributed by atoms with Crippen LogP contribution in [0.5, 0.6) is 0 Å². The molecule has 7 aromatic heterocycles. The quantitative estimate of drug-likeness (QED) is 0.106. The van der Waals surface area contributed by atoms with Gasteiger partial charge in [-0.25, -0.2) is 39.9 Å². The predicted molar refractivity (Wildman–Crippen MR) is 300 cm³/mol. The van der Waals surface area contributed by atoms with Crippen molar-refractivity contribution in [1.29, 1.82) is 0 Å². The number of nitrogens with one attached hydrogen (secondary N) is 5. The minimum absolute atomic E-state index is 0.0141. The average molecular weight is 1180 g/mol. The first-order valence-electron chi connectivity index (χ1n) is 24.9. The van der Waals surface area contributed by atoms with Crippen molar-refractivity contribution in [3.8, 4) is 43.4 Å². The number of thiazole rings is 6. The fourth-order valence-corrected chi connectivity index (χ4v) is 14.3. The Morgan fingerprint density at radius 2 is 1.34 bits per heavy atom. The molecule has 3 aliphatic rings. The number of carbonyl (C=O) groups is 7. The average Bonchev–Trinajstić information content (AvgIpc) is 4.30. The normalized spacial score (nSPS) is 20.0. The van der Waals surface area contributed by atoms with Gasteiger partial charge in [-0.15, -0.1) is 68.0 Å². The van der Waals surface area contributed by atoms with Crippen LogP contribution < -0.4 is 32.3 Å². The van der Waals surface area contributed by atoms with E-state index in [1.54, 1.807) is 29.1 Å². The van der Waals surface area contributed by atoms with E-state index in [1.165, 1.54) is 68.6 Å².